The van der Waals surface area contributed by atoms with Gasteiger partial charge in [0.05, 0.1) is 27.4 Å². The second kappa shape index (κ2) is 8.72. The first-order valence-electron chi connectivity index (χ1n) is 10.0. The van der Waals surface area contributed by atoms with E-state index >= 15 is 0 Å². The van der Waals surface area contributed by atoms with Gasteiger partial charge in [-0.25, -0.2) is 13.4 Å². The number of sulfone groups is 1. The average molecular weight is 467 g/mol. The predicted octanol–water partition coefficient (Wildman–Crippen LogP) is 5.39. The summed E-state index contributed by atoms with van der Waals surface area (Å²) in [5.74, 6) is 0.334. The summed E-state index contributed by atoms with van der Waals surface area (Å²) in [5, 5.41) is 0.502. The topological polar surface area (TPSA) is 76.6 Å². The number of nitrogens with zero attached hydrogens (tertiary/aromatic N) is 2. The Hall–Kier alpha value is -3.23. The summed E-state index contributed by atoms with van der Waals surface area (Å²) in [6.45, 7) is 4.15. The number of hydrogen-bond donors (Lipinski definition) is 0. The van der Waals surface area contributed by atoms with Crippen molar-refractivity contribution in [2.45, 2.75) is 18.7 Å². The maximum atomic E-state index is 13.7. The first kappa shape index (κ1) is 22.0. The maximum Gasteiger partial charge on any atom is 0.264 e. The van der Waals surface area contributed by atoms with Crippen LogP contribution in [0.25, 0.3) is 10.2 Å². The number of aromatic nitrogens is 1. The third-order valence-corrected chi connectivity index (χ3v) is 7.18. The van der Waals surface area contributed by atoms with Gasteiger partial charge in [-0.05, 0) is 67.9 Å². The molecule has 8 heteroatoms. The van der Waals surface area contributed by atoms with E-state index < -0.39 is 9.84 Å². The standard InChI is InChI=1S/C24H22N2O4S2/c1-4-30-19-13-11-18(12-14-19)26(24-25-20-7-5-6-8-21(20)31-24)23(27)17-10-9-16(2)22(15-17)32(3,28)29/h5-15H,4H2,1-3H3. The highest BCUT2D eigenvalue weighted by molar-refractivity contribution is 7.90. The van der Waals surface area contributed by atoms with Crippen molar-refractivity contribution < 1.29 is 17.9 Å². The van der Waals surface area contributed by atoms with Crippen molar-refractivity contribution >= 4 is 48.1 Å². The minimum atomic E-state index is -3.48. The third-order valence-electron chi connectivity index (χ3n) is 4.92. The fraction of sp³-hybridized carbons (Fsp3) is 0.167. The van der Waals surface area contributed by atoms with Crippen LogP contribution in [0.2, 0.25) is 0 Å². The van der Waals surface area contributed by atoms with Gasteiger partial charge in [0.2, 0.25) is 0 Å². The Morgan fingerprint density at radius 2 is 1.78 bits per heavy atom. The van der Waals surface area contributed by atoms with Gasteiger partial charge in [0.1, 0.15) is 5.75 Å². The number of fused-ring (bicyclic) bond motifs is 1. The van der Waals surface area contributed by atoms with Gasteiger partial charge in [0.15, 0.2) is 15.0 Å². The van der Waals surface area contributed by atoms with Gasteiger partial charge in [-0.1, -0.05) is 29.5 Å². The number of benzene rings is 3. The monoisotopic (exact) mass is 466 g/mol. The van der Waals surface area contributed by atoms with Crippen molar-refractivity contribution in [3.63, 3.8) is 0 Å². The number of carbonyl (C=O) groups is 1. The van der Waals surface area contributed by atoms with E-state index in [0.29, 0.717) is 28.7 Å². The second-order valence-corrected chi connectivity index (χ2v) is 10.3. The lowest BCUT2D eigenvalue weighted by Gasteiger charge is -2.21. The van der Waals surface area contributed by atoms with Crippen LogP contribution in [-0.2, 0) is 9.84 Å². The molecule has 0 N–H and O–H groups in total. The minimum Gasteiger partial charge on any atom is -0.494 e. The van der Waals surface area contributed by atoms with E-state index in [0.717, 1.165) is 16.5 Å². The molecule has 0 spiro atoms. The Labute approximate surface area is 191 Å². The average Bonchev–Trinajstić information content (AvgIpc) is 3.18. The molecule has 0 aliphatic heterocycles. The Bertz CT molecular complexity index is 1360. The van der Waals surface area contributed by atoms with Crippen molar-refractivity contribution in [2.75, 3.05) is 17.8 Å². The highest BCUT2D eigenvalue weighted by Gasteiger charge is 2.25. The SMILES string of the molecule is CCOc1ccc(N(C(=O)c2ccc(C)c(S(C)(=O)=O)c2)c2nc3ccccc3s2)cc1. The molecule has 0 unspecified atom stereocenters. The summed E-state index contributed by atoms with van der Waals surface area (Å²) >= 11 is 1.40. The van der Waals surface area contributed by atoms with E-state index in [4.69, 9.17) is 4.74 Å². The van der Waals surface area contributed by atoms with E-state index in [-0.39, 0.29) is 16.4 Å². The number of amides is 1. The molecule has 0 saturated heterocycles. The van der Waals surface area contributed by atoms with Gasteiger partial charge < -0.3 is 4.74 Å². The van der Waals surface area contributed by atoms with Crippen molar-refractivity contribution in [3.05, 3.63) is 77.9 Å². The number of hydrogen-bond acceptors (Lipinski definition) is 6. The number of thiazole rings is 1. The molecule has 4 aromatic rings. The molecule has 1 aromatic heterocycles. The molecule has 6 nitrogen and oxygen atoms in total. The van der Waals surface area contributed by atoms with Crippen LogP contribution in [0.4, 0.5) is 10.8 Å². The summed E-state index contributed by atoms with van der Waals surface area (Å²) in [4.78, 5) is 20.0. The highest BCUT2D eigenvalue weighted by atomic mass is 32.2. The number of carbonyl (C=O) groups excluding carboxylic acids is 1. The van der Waals surface area contributed by atoms with Crippen LogP contribution < -0.4 is 9.64 Å². The summed E-state index contributed by atoms with van der Waals surface area (Å²) < 4.78 is 30.9. The van der Waals surface area contributed by atoms with Crippen molar-refractivity contribution in [1.82, 2.24) is 4.98 Å². The third kappa shape index (κ3) is 4.37. The van der Waals surface area contributed by atoms with E-state index in [9.17, 15) is 13.2 Å². The molecular weight excluding hydrogens is 444 g/mol. The highest BCUT2D eigenvalue weighted by Crippen LogP contribution is 2.35. The Balaban J connectivity index is 1.84. The minimum absolute atomic E-state index is 0.138. The number of rotatable bonds is 6. The fourth-order valence-electron chi connectivity index (χ4n) is 3.39. The molecule has 0 bridgehead atoms. The van der Waals surface area contributed by atoms with Gasteiger partial charge in [-0.2, -0.15) is 0 Å². The lowest BCUT2D eigenvalue weighted by molar-refractivity contribution is 0.0999. The van der Waals surface area contributed by atoms with Crippen molar-refractivity contribution in [1.29, 1.82) is 0 Å². The molecule has 4 rings (SSSR count). The summed E-state index contributed by atoms with van der Waals surface area (Å²) in [6, 6.07) is 19.6. The van der Waals surface area contributed by atoms with E-state index in [2.05, 4.69) is 4.98 Å². The maximum absolute atomic E-state index is 13.7. The van der Waals surface area contributed by atoms with Crippen molar-refractivity contribution in [3.8, 4) is 5.75 Å². The molecule has 0 saturated carbocycles. The second-order valence-electron chi connectivity index (χ2n) is 7.28. The summed E-state index contributed by atoms with van der Waals surface area (Å²) in [5.41, 5.74) is 2.26. The molecule has 0 fully saturated rings. The lowest BCUT2D eigenvalue weighted by Crippen LogP contribution is -2.26. The summed E-state index contributed by atoms with van der Waals surface area (Å²) in [7, 11) is -3.48. The zero-order chi connectivity index (χ0) is 22.9. The largest absolute Gasteiger partial charge is 0.494 e. The number of ether oxygens (including phenoxy) is 1. The predicted molar refractivity (Wildman–Crippen MR) is 128 cm³/mol. The lowest BCUT2D eigenvalue weighted by atomic mass is 10.1. The molecule has 1 heterocycles. The van der Waals surface area contributed by atoms with Gasteiger partial charge in [-0.15, -0.1) is 0 Å². The van der Waals surface area contributed by atoms with Crippen LogP contribution in [0.15, 0.2) is 71.6 Å². The van der Waals surface area contributed by atoms with Crippen molar-refractivity contribution in [2.24, 2.45) is 0 Å². The smallest absolute Gasteiger partial charge is 0.264 e. The zero-order valence-electron chi connectivity index (χ0n) is 17.9. The first-order valence-corrected chi connectivity index (χ1v) is 12.7. The number of anilines is 2. The normalized spacial score (nSPS) is 11.5. The van der Waals surface area contributed by atoms with Crippen LogP contribution in [0, 0.1) is 6.92 Å². The molecular formula is C24H22N2O4S2. The van der Waals surface area contributed by atoms with E-state index in [1.807, 2.05) is 31.2 Å². The molecule has 0 aliphatic rings. The van der Waals surface area contributed by atoms with Crippen LogP contribution >= 0.6 is 11.3 Å². The quantitative estimate of drug-likeness (QED) is 0.381. The van der Waals surface area contributed by atoms with Gasteiger partial charge in [-0.3, -0.25) is 9.69 Å². The molecule has 0 radical (unpaired) electrons. The van der Waals surface area contributed by atoms with Gasteiger partial charge in [0, 0.05) is 11.8 Å². The Morgan fingerprint density at radius 3 is 2.44 bits per heavy atom. The summed E-state index contributed by atoms with van der Waals surface area (Å²) in [6.07, 6.45) is 1.14. The van der Waals surface area contributed by atoms with Gasteiger partial charge >= 0.3 is 0 Å². The van der Waals surface area contributed by atoms with E-state index in [1.54, 1.807) is 43.3 Å². The molecule has 1 amide bonds. The van der Waals surface area contributed by atoms with Crippen LogP contribution in [-0.4, -0.2) is 32.2 Å². The number of aryl methyl sites for hydroxylation is 1. The fourth-order valence-corrected chi connectivity index (χ4v) is 5.37. The molecule has 32 heavy (non-hydrogen) atoms. The zero-order valence-corrected chi connectivity index (χ0v) is 19.5. The van der Waals surface area contributed by atoms with Crippen LogP contribution in [0.1, 0.15) is 22.8 Å². The van der Waals surface area contributed by atoms with Crippen LogP contribution in [0.3, 0.4) is 0 Å². The van der Waals surface area contributed by atoms with Crippen LogP contribution in [0.5, 0.6) is 5.75 Å². The first-order chi connectivity index (χ1) is 15.3. The Kier molecular flexibility index (Phi) is 5.99. The molecule has 0 atom stereocenters. The Morgan fingerprint density at radius 1 is 1.06 bits per heavy atom. The number of para-hydroxylation sites is 1. The molecule has 0 aliphatic carbocycles. The molecule has 3 aromatic carbocycles. The van der Waals surface area contributed by atoms with E-state index in [1.165, 1.54) is 22.3 Å². The van der Waals surface area contributed by atoms with Gasteiger partial charge in [0.25, 0.3) is 5.91 Å². The molecule has 164 valence electrons.